The molecule has 0 saturated carbocycles. The van der Waals surface area contributed by atoms with E-state index < -0.39 is 11.9 Å². The summed E-state index contributed by atoms with van der Waals surface area (Å²) >= 11 is 0. The highest BCUT2D eigenvalue weighted by molar-refractivity contribution is 5.98. The van der Waals surface area contributed by atoms with Crippen LogP contribution in [0.2, 0.25) is 0 Å². The number of methoxy groups -OCH3 is 1. The van der Waals surface area contributed by atoms with Crippen molar-refractivity contribution in [3.8, 4) is 5.75 Å². The van der Waals surface area contributed by atoms with Crippen LogP contribution >= 0.6 is 0 Å². The number of amides is 1. The van der Waals surface area contributed by atoms with E-state index in [1.54, 1.807) is 30.3 Å². The van der Waals surface area contributed by atoms with E-state index in [1.165, 1.54) is 7.11 Å². The molecule has 1 amide bonds. The Morgan fingerprint density at radius 2 is 1.81 bits per heavy atom. The van der Waals surface area contributed by atoms with Crippen molar-refractivity contribution in [2.45, 2.75) is 6.61 Å². The molecule has 0 aliphatic rings. The Hall–Kier alpha value is -3.68. The number of hydrogen-bond acceptors (Lipinski definition) is 7. The van der Waals surface area contributed by atoms with Crippen LogP contribution in [0.5, 0.6) is 5.75 Å². The molecular weight excluding hydrogens is 348 g/mol. The lowest BCUT2D eigenvalue weighted by atomic mass is 10.2. The average Bonchev–Trinajstić information content (AvgIpc) is 2.70. The average molecular weight is 366 g/mol. The van der Waals surface area contributed by atoms with Gasteiger partial charge in [-0.25, -0.2) is 9.97 Å². The lowest BCUT2D eigenvalue weighted by molar-refractivity contribution is -0.143. The van der Waals surface area contributed by atoms with Crippen molar-refractivity contribution in [3.63, 3.8) is 0 Å². The smallest absolute Gasteiger partial charge is 0.325 e. The number of nitrogen functional groups attached to an aromatic ring is 1. The minimum absolute atomic E-state index is 0.140. The number of anilines is 1. The molecule has 0 spiro atoms. The van der Waals surface area contributed by atoms with Gasteiger partial charge >= 0.3 is 5.97 Å². The number of fused-ring (bicyclic) bond motifs is 1. The molecule has 2 aromatic carbocycles. The van der Waals surface area contributed by atoms with E-state index in [0.717, 1.165) is 5.39 Å². The molecule has 8 nitrogen and oxygen atoms in total. The Kier molecular flexibility index (Phi) is 5.46. The number of aromatic nitrogens is 2. The predicted octanol–water partition coefficient (Wildman–Crippen LogP) is 1.69. The van der Waals surface area contributed by atoms with Gasteiger partial charge < -0.3 is 20.5 Å². The van der Waals surface area contributed by atoms with Gasteiger partial charge in [-0.1, -0.05) is 24.3 Å². The first-order valence-electron chi connectivity index (χ1n) is 8.16. The van der Waals surface area contributed by atoms with Gasteiger partial charge in [0.1, 0.15) is 18.1 Å². The Labute approximate surface area is 155 Å². The molecule has 0 saturated heterocycles. The number of esters is 1. The van der Waals surface area contributed by atoms with Crippen LogP contribution in [0.25, 0.3) is 10.9 Å². The molecule has 3 N–H and O–H groups in total. The van der Waals surface area contributed by atoms with Gasteiger partial charge in [0.05, 0.1) is 18.2 Å². The number of para-hydroxylation sites is 2. The van der Waals surface area contributed by atoms with Crippen molar-refractivity contribution in [2.24, 2.45) is 0 Å². The van der Waals surface area contributed by atoms with Gasteiger partial charge in [-0.15, -0.1) is 0 Å². The van der Waals surface area contributed by atoms with Crippen LogP contribution < -0.4 is 15.8 Å². The third-order valence-electron chi connectivity index (χ3n) is 3.79. The number of hydrogen-bond donors (Lipinski definition) is 2. The van der Waals surface area contributed by atoms with E-state index in [-0.39, 0.29) is 19.0 Å². The quantitative estimate of drug-likeness (QED) is 0.638. The van der Waals surface area contributed by atoms with E-state index in [1.807, 2.05) is 18.2 Å². The highest BCUT2D eigenvalue weighted by Gasteiger charge is 2.14. The molecule has 0 bridgehead atoms. The molecule has 1 aromatic heterocycles. The molecule has 27 heavy (non-hydrogen) atoms. The van der Waals surface area contributed by atoms with Gasteiger partial charge in [0.25, 0.3) is 5.91 Å². The van der Waals surface area contributed by atoms with E-state index in [2.05, 4.69) is 15.3 Å². The van der Waals surface area contributed by atoms with Crippen LogP contribution in [-0.2, 0) is 16.1 Å². The normalized spacial score (nSPS) is 10.4. The van der Waals surface area contributed by atoms with Gasteiger partial charge in [-0.2, -0.15) is 0 Å². The monoisotopic (exact) mass is 366 g/mol. The molecule has 1 heterocycles. The van der Waals surface area contributed by atoms with Crippen LogP contribution in [0.1, 0.15) is 16.2 Å². The summed E-state index contributed by atoms with van der Waals surface area (Å²) < 4.78 is 10.2. The van der Waals surface area contributed by atoms with Crippen molar-refractivity contribution in [1.29, 1.82) is 0 Å². The third-order valence-corrected chi connectivity index (χ3v) is 3.79. The summed E-state index contributed by atoms with van der Waals surface area (Å²) in [5, 5.41) is 3.22. The van der Waals surface area contributed by atoms with Gasteiger partial charge in [0.15, 0.2) is 12.4 Å². The van der Waals surface area contributed by atoms with Crippen LogP contribution in [0.15, 0.2) is 48.5 Å². The summed E-state index contributed by atoms with van der Waals surface area (Å²) in [6.45, 7) is -0.432. The van der Waals surface area contributed by atoms with Crippen LogP contribution in [0.4, 0.5) is 5.82 Å². The van der Waals surface area contributed by atoms with Crippen molar-refractivity contribution in [3.05, 3.63) is 59.9 Å². The van der Waals surface area contributed by atoms with E-state index in [9.17, 15) is 9.59 Å². The first kappa shape index (κ1) is 18.1. The molecule has 8 heteroatoms. The molecule has 3 aromatic rings. The number of rotatable bonds is 6. The number of benzene rings is 2. The van der Waals surface area contributed by atoms with Gasteiger partial charge in [0.2, 0.25) is 0 Å². The highest BCUT2D eigenvalue weighted by Crippen LogP contribution is 2.18. The second kappa shape index (κ2) is 8.13. The molecule has 3 rings (SSSR count). The van der Waals surface area contributed by atoms with E-state index in [0.29, 0.717) is 22.6 Å². The number of nitrogens with one attached hydrogen (secondary N) is 1. The van der Waals surface area contributed by atoms with E-state index in [4.69, 9.17) is 15.2 Å². The fourth-order valence-corrected chi connectivity index (χ4v) is 2.49. The molecular formula is C19H18N4O4. The lowest BCUT2D eigenvalue weighted by Crippen LogP contribution is -2.30. The summed E-state index contributed by atoms with van der Waals surface area (Å²) in [6.07, 6.45) is 0. The largest absolute Gasteiger partial charge is 0.496 e. The summed E-state index contributed by atoms with van der Waals surface area (Å²) in [6, 6.07) is 14.0. The Bertz CT molecular complexity index is 990. The van der Waals surface area contributed by atoms with Gasteiger partial charge in [-0.3, -0.25) is 9.59 Å². The van der Waals surface area contributed by atoms with Gasteiger partial charge in [-0.05, 0) is 24.3 Å². The first-order chi connectivity index (χ1) is 13.1. The Balaban J connectivity index is 1.56. The number of carbonyl (C=O) groups excluding carboxylic acids is 2. The van der Waals surface area contributed by atoms with Crippen molar-refractivity contribution in [1.82, 2.24) is 15.3 Å². The van der Waals surface area contributed by atoms with E-state index >= 15 is 0 Å². The predicted molar refractivity (Wildman–Crippen MR) is 99.1 cm³/mol. The second-order valence-corrected chi connectivity index (χ2v) is 5.59. The fourth-order valence-electron chi connectivity index (χ4n) is 2.49. The van der Waals surface area contributed by atoms with Crippen molar-refractivity contribution >= 4 is 28.6 Å². The molecule has 0 radical (unpaired) electrons. The maximum atomic E-state index is 12.2. The number of carbonyl (C=O) groups is 2. The first-order valence-corrected chi connectivity index (χ1v) is 8.16. The van der Waals surface area contributed by atoms with Crippen LogP contribution in [0, 0.1) is 0 Å². The number of ether oxygens (including phenoxy) is 2. The molecule has 0 aliphatic heterocycles. The fraction of sp³-hybridized carbons (Fsp3) is 0.158. The molecule has 0 aliphatic carbocycles. The van der Waals surface area contributed by atoms with Gasteiger partial charge in [0, 0.05) is 5.39 Å². The lowest BCUT2D eigenvalue weighted by Gasteiger charge is -2.09. The maximum Gasteiger partial charge on any atom is 0.325 e. The summed E-state index contributed by atoms with van der Waals surface area (Å²) in [5.74, 6) is -0.0284. The summed E-state index contributed by atoms with van der Waals surface area (Å²) in [7, 11) is 1.47. The molecule has 0 unspecified atom stereocenters. The van der Waals surface area contributed by atoms with Crippen LogP contribution in [-0.4, -0.2) is 35.5 Å². The zero-order valence-electron chi connectivity index (χ0n) is 14.6. The second-order valence-electron chi connectivity index (χ2n) is 5.59. The van der Waals surface area contributed by atoms with Crippen molar-refractivity contribution < 1.29 is 19.1 Å². The Morgan fingerprint density at radius 1 is 1.07 bits per heavy atom. The molecule has 0 fully saturated rings. The minimum Gasteiger partial charge on any atom is -0.496 e. The topological polar surface area (TPSA) is 116 Å². The SMILES string of the molecule is COc1ccccc1C(=O)NCC(=O)OCc1nc(N)c2ccccc2n1. The minimum atomic E-state index is -0.617. The van der Waals surface area contributed by atoms with Crippen LogP contribution in [0.3, 0.4) is 0 Å². The number of nitrogens with two attached hydrogens (primary N) is 1. The third kappa shape index (κ3) is 4.30. The summed E-state index contributed by atoms with van der Waals surface area (Å²) in [4.78, 5) is 32.5. The number of nitrogens with zero attached hydrogens (tertiary/aromatic N) is 2. The van der Waals surface area contributed by atoms with Crippen molar-refractivity contribution in [2.75, 3.05) is 19.4 Å². The highest BCUT2D eigenvalue weighted by atomic mass is 16.5. The zero-order valence-corrected chi connectivity index (χ0v) is 14.6. The Morgan fingerprint density at radius 3 is 2.63 bits per heavy atom. The molecule has 0 atom stereocenters. The summed E-state index contributed by atoms with van der Waals surface area (Å²) in [5.41, 5.74) is 6.89. The zero-order chi connectivity index (χ0) is 19.2. The standard InChI is InChI=1S/C19H18N4O4/c1-26-15-9-5-3-7-13(15)19(25)21-10-17(24)27-11-16-22-14-8-4-2-6-12(14)18(20)23-16/h2-9H,10-11H2,1H3,(H,21,25)(H2,20,22,23). The maximum absolute atomic E-state index is 12.2. The molecule has 138 valence electrons.